The van der Waals surface area contributed by atoms with Crippen molar-refractivity contribution in [1.82, 2.24) is 0 Å². The molecule has 1 aromatic carbocycles. The van der Waals surface area contributed by atoms with Gasteiger partial charge in [0.2, 0.25) is 5.91 Å². The molecule has 0 fully saturated rings. The number of benzene rings is 1. The Kier molecular flexibility index (Phi) is 3.32. The van der Waals surface area contributed by atoms with E-state index in [0.29, 0.717) is 11.4 Å². The fourth-order valence-electron chi connectivity index (χ4n) is 1.61. The number of nitrogens with two attached hydrogens (primary N) is 2. The number of carbonyl (C=O) groups is 1. The van der Waals surface area contributed by atoms with Crippen LogP contribution in [0.15, 0.2) is 24.3 Å². The summed E-state index contributed by atoms with van der Waals surface area (Å²) in [6.45, 7) is 3.65. The molecule has 4 heteroatoms. The van der Waals surface area contributed by atoms with Gasteiger partial charge in [0.1, 0.15) is 0 Å². The number of carbonyl (C=O) groups excluding carboxylic acids is 1. The molecule has 0 aliphatic heterocycles. The average Bonchev–Trinajstić information content (AvgIpc) is 2.14. The topological polar surface area (TPSA) is 93.0 Å². The lowest BCUT2D eigenvalue weighted by Crippen LogP contribution is -2.30. The van der Waals surface area contributed by atoms with E-state index >= 15 is 0 Å². The first-order chi connectivity index (χ1) is 7.33. The molecule has 1 rings (SSSR count). The van der Waals surface area contributed by atoms with Gasteiger partial charge in [0.05, 0.1) is 0 Å². The molecule has 0 radical (unpaired) electrons. The third kappa shape index (κ3) is 2.82. The molecule has 0 saturated carbocycles. The van der Waals surface area contributed by atoms with Crippen LogP contribution in [-0.2, 0) is 4.79 Å². The van der Waals surface area contributed by atoms with Crippen LogP contribution in [0, 0.1) is 10.8 Å². The molecule has 0 aromatic heterocycles. The van der Waals surface area contributed by atoms with Gasteiger partial charge in [0.15, 0.2) is 0 Å². The van der Waals surface area contributed by atoms with E-state index in [2.05, 4.69) is 0 Å². The molecule has 4 nitrogen and oxygen atoms in total. The van der Waals surface area contributed by atoms with Crippen LogP contribution in [0.5, 0.6) is 0 Å². The summed E-state index contributed by atoms with van der Waals surface area (Å²) >= 11 is 0. The van der Waals surface area contributed by atoms with Crippen molar-refractivity contribution in [3.05, 3.63) is 29.8 Å². The Morgan fingerprint density at radius 1 is 1.44 bits per heavy atom. The fraction of sp³-hybridized carbons (Fsp3) is 0.333. The minimum Gasteiger partial charge on any atom is -0.399 e. The Hall–Kier alpha value is -1.84. The predicted molar refractivity (Wildman–Crippen MR) is 65.3 cm³/mol. The standard InChI is InChI=1S/C12H17N3O/c1-12(2,7-10(14)16)11(15)8-4-3-5-9(13)6-8/h3-6,15H,7,13H2,1-2H3,(H2,14,16). The first-order valence-electron chi connectivity index (χ1n) is 5.06. The Labute approximate surface area is 95.1 Å². The maximum absolute atomic E-state index is 10.9. The molecule has 5 N–H and O–H groups in total. The number of anilines is 1. The molecule has 16 heavy (non-hydrogen) atoms. The van der Waals surface area contributed by atoms with Crippen LogP contribution in [0.2, 0.25) is 0 Å². The molecular weight excluding hydrogens is 202 g/mol. The summed E-state index contributed by atoms with van der Waals surface area (Å²) in [7, 11) is 0. The number of rotatable bonds is 4. The lowest BCUT2D eigenvalue weighted by molar-refractivity contribution is -0.119. The zero-order chi connectivity index (χ0) is 12.3. The first kappa shape index (κ1) is 12.2. The number of hydrogen-bond donors (Lipinski definition) is 3. The van der Waals surface area contributed by atoms with Gasteiger partial charge in [-0.2, -0.15) is 0 Å². The van der Waals surface area contributed by atoms with Crippen LogP contribution >= 0.6 is 0 Å². The zero-order valence-corrected chi connectivity index (χ0v) is 9.58. The quantitative estimate of drug-likeness (QED) is 0.529. The van der Waals surface area contributed by atoms with Gasteiger partial charge in [0.25, 0.3) is 0 Å². The lowest BCUT2D eigenvalue weighted by Gasteiger charge is -2.24. The SMILES string of the molecule is CC(C)(CC(N)=O)C(=N)c1cccc(N)c1. The summed E-state index contributed by atoms with van der Waals surface area (Å²) in [5.74, 6) is -0.404. The molecule has 1 amide bonds. The molecular formula is C12H17N3O. The second-order valence-corrected chi connectivity index (χ2v) is 4.53. The highest BCUT2D eigenvalue weighted by Gasteiger charge is 2.27. The van der Waals surface area contributed by atoms with Gasteiger partial charge in [-0.05, 0) is 17.7 Å². The predicted octanol–water partition coefficient (Wildman–Crippen LogP) is 1.54. The second-order valence-electron chi connectivity index (χ2n) is 4.53. The Morgan fingerprint density at radius 3 is 2.56 bits per heavy atom. The summed E-state index contributed by atoms with van der Waals surface area (Å²) < 4.78 is 0. The van der Waals surface area contributed by atoms with Crippen molar-refractivity contribution in [2.24, 2.45) is 11.1 Å². The van der Waals surface area contributed by atoms with Crippen molar-refractivity contribution in [2.75, 3.05) is 5.73 Å². The monoisotopic (exact) mass is 219 g/mol. The normalized spacial score (nSPS) is 11.1. The molecule has 0 aliphatic carbocycles. The van der Waals surface area contributed by atoms with Crippen LogP contribution in [0.1, 0.15) is 25.8 Å². The van der Waals surface area contributed by atoms with Gasteiger partial charge < -0.3 is 16.9 Å². The highest BCUT2D eigenvalue weighted by Crippen LogP contribution is 2.26. The van der Waals surface area contributed by atoms with Gasteiger partial charge >= 0.3 is 0 Å². The van der Waals surface area contributed by atoms with Gasteiger partial charge in [-0.1, -0.05) is 26.0 Å². The smallest absolute Gasteiger partial charge is 0.218 e. The van der Waals surface area contributed by atoms with Crippen LogP contribution < -0.4 is 11.5 Å². The molecule has 0 aliphatic rings. The highest BCUT2D eigenvalue weighted by molar-refractivity contribution is 6.04. The number of nitrogens with one attached hydrogen (secondary N) is 1. The summed E-state index contributed by atoms with van der Waals surface area (Å²) in [5.41, 5.74) is 12.0. The third-order valence-electron chi connectivity index (χ3n) is 2.47. The molecule has 86 valence electrons. The van der Waals surface area contributed by atoms with Crippen LogP contribution in [0.4, 0.5) is 5.69 Å². The van der Waals surface area contributed by atoms with Crippen molar-refractivity contribution in [3.63, 3.8) is 0 Å². The molecule has 0 saturated heterocycles. The number of amides is 1. The van der Waals surface area contributed by atoms with E-state index in [1.165, 1.54) is 0 Å². The van der Waals surface area contributed by atoms with Crippen molar-refractivity contribution < 1.29 is 4.79 Å². The Balaban J connectivity index is 2.97. The minimum atomic E-state index is -0.570. The number of primary amides is 1. The number of nitrogen functional groups attached to an aromatic ring is 1. The molecule has 0 heterocycles. The first-order valence-corrected chi connectivity index (χ1v) is 5.06. The van der Waals surface area contributed by atoms with E-state index in [4.69, 9.17) is 16.9 Å². The van der Waals surface area contributed by atoms with Crippen LogP contribution in [0.25, 0.3) is 0 Å². The van der Waals surface area contributed by atoms with E-state index in [1.807, 2.05) is 13.8 Å². The van der Waals surface area contributed by atoms with Gasteiger partial charge in [-0.15, -0.1) is 0 Å². The van der Waals surface area contributed by atoms with E-state index in [9.17, 15) is 4.79 Å². The van der Waals surface area contributed by atoms with Crippen molar-refractivity contribution in [1.29, 1.82) is 5.41 Å². The molecule has 1 aromatic rings. The van der Waals surface area contributed by atoms with Gasteiger partial charge in [-0.3, -0.25) is 4.79 Å². The fourth-order valence-corrected chi connectivity index (χ4v) is 1.61. The Morgan fingerprint density at radius 2 is 2.06 bits per heavy atom. The summed E-state index contributed by atoms with van der Waals surface area (Å²) in [6, 6.07) is 7.09. The maximum Gasteiger partial charge on any atom is 0.218 e. The van der Waals surface area contributed by atoms with Crippen LogP contribution in [0.3, 0.4) is 0 Å². The van der Waals surface area contributed by atoms with Crippen molar-refractivity contribution >= 4 is 17.3 Å². The van der Waals surface area contributed by atoms with E-state index in [1.54, 1.807) is 24.3 Å². The summed E-state index contributed by atoms with van der Waals surface area (Å²) in [4.78, 5) is 10.9. The number of hydrogen-bond acceptors (Lipinski definition) is 3. The zero-order valence-electron chi connectivity index (χ0n) is 9.58. The molecule has 0 unspecified atom stereocenters. The second kappa shape index (κ2) is 4.35. The van der Waals surface area contributed by atoms with E-state index < -0.39 is 11.3 Å². The minimum absolute atomic E-state index is 0.153. The van der Waals surface area contributed by atoms with Gasteiger partial charge in [0, 0.05) is 23.2 Å². The van der Waals surface area contributed by atoms with Crippen LogP contribution in [-0.4, -0.2) is 11.6 Å². The Bertz CT molecular complexity index is 424. The van der Waals surface area contributed by atoms with Crippen molar-refractivity contribution in [2.45, 2.75) is 20.3 Å². The largest absolute Gasteiger partial charge is 0.399 e. The van der Waals surface area contributed by atoms with Gasteiger partial charge in [-0.25, -0.2) is 0 Å². The molecule has 0 spiro atoms. The van der Waals surface area contributed by atoms with E-state index in [-0.39, 0.29) is 6.42 Å². The average molecular weight is 219 g/mol. The van der Waals surface area contributed by atoms with Crippen molar-refractivity contribution in [3.8, 4) is 0 Å². The summed E-state index contributed by atoms with van der Waals surface area (Å²) in [5, 5.41) is 8.06. The summed E-state index contributed by atoms with van der Waals surface area (Å²) in [6.07, 6.45) is 0.153. The maximum atomic E-state index is 10.9. The molecule has 0 atom stereocenters. The van der Waals surface area contributed by atoms with E-state index in [0.717, 1.165) is 5.56 Å². The molecule has 0 bridgehead atoms. The third-order valence-corrected chi connectivity index (χ3v) is 2.47. The lowest BCUT2D eigenvalue weighted by atomic mass is 9.80. The highest BCUT2D eigenvalue weighted by atomic mass is 16.1.